The molecule has 1 aromatic carbocycles. The minimum atomic E-state index is 0.285. The number of hydroxylamine groups is 1. The molecule has 0 radical (unpaired) electrons. The van der Waals surface area contributed by atoms with Crippen molar-refractivity contribution in [2.45, 2.75) is 33.2 Å². The Kier molecular flexibility index (Phi) is 3.49. The summed E-state index contributed by atoms with van der Waals surface area (Å²) in [7, 11) is 0. The first kappa shape index (κ1) is 11.0. The van der Waals surface area contributed by atoms with E-state index in [1.165, 1.54) is 0 Å². The smallest absolute Gasteiger partial charge is 0.119 e. The highest BCUT2D eigenvalue weighted by atomic mass is 16.5. The lowest BCUT2D eigenvalue weighted by Crippen LogP contribution is -2.08. The molecule has 78 valence electrons. The van der Waals surface area contributed by atoms with Gasteiger partial charge in [-0.15, -0.1) is 0 Å². The van der Waals surface area contributed by atoms with Crippen molar-refractivity contribution in [1.29, 1.82) is 0 Å². The van der Waals surface area contributed by atoms with Gasteiger partial charge in [0.2, 0.25) is 0 Å². The van der Waals surface area contributed by atoms with Crippen LogP contribution in [-0.4, -0.2) is 10.3 Å². The van der Waals surface area contributed by atoms with Gasteiger partial charge in [0, 0.05) is 6.54 Å². The van der Waals surface area contributed by atoms with Gasteiger partial charge in [-0.25, -0.2) is 5.48 Å². The maximum Gasteiger partial charge on any atom is 0.119 e. The zero-order valence-electron chi connectivity index (χ0n) is 8.83. The molecule has 0 amide bonds. The van der Waals surface area contributed by atoms with Gasteiger partial charge in [0.05, 0.1) is 0 Å². The number of aryl methyl sites for hydroxylation is 1. The molecule has 0 atom stereocenters. The van der Waals surface area contributed by atoms with Crippen molar-refractivity contribution in [3.63, 3.8) is 0 Å². The van der Waals surface area contributed by atoms with E-state index in [0.29, 0.717) is 12.3 Å². The van der Waals surface area contributed by atoms with Gasteiger partial charge in [0.15, 0.2) is 0 Å². The third-order valence-electron chi connectivity index (χ3n) is 2.38. The third kappa shape index (κ3) is 2.25. The molecule has 1 aromatic rings. The summed E-state index contributed by atoms with van der Waals surface area (Å²) in [4.78, 5) is 0. The summed E-state index contributed by atoms with van der Waals surface area (Å²) >= 11 is 0. The maximum absolute atomic E-state index is 9.67. The Hall–Kier alpha value is -1.06. The molecule has 0 unspecified atom stereocenters. The van der Waals surface area contributed by atoms with Crippen molar-refractivity contribution in [3.05, 3.63) is 28.8 Å². The molecule has 0 bridgehead atoms. The average Bonchev–Trinajstić information content (AvgIpc) is 2.09. The monoisotopic (exact) mass is 195 g/mol. The van der Waals surface area contributed by atoms with Crippen LogP contribution in [0.1, 0.15) is 36.5 Å². The van der Waals surface area contributed by atoms with Crippen LogP contribution >= 0.6 is 0 Å². The van der Waals surface area contributed by atoms with E-state index < -0.39 is 0 Å². The number of nitrogens with one attached hydrogen (secondary N) is 1. The summed E-state index contributed by atoms with van der Waals surface area (Å²) in [5.41, 5.74) is 5.03. The topological polar surface area (TPSA) is 52.5 Å². The van der Waals surface area contributed by atoms with E-state index in [1.807, 2.05) is 26.8 Å². The number of phenolic OH excluding ortho intramolecular Hbond substituents is 1. The van der Waals surface area contributed by atoms with Crippen LogP contribution in [0.4, 0.5) is 0 Å². The van der Waals surface area contributed by atoms with E-state index in [1.54, 1.807) is 6.07 Å². The first-order chi connectivity index (χ1) is 6.56. The number of hydrogen-bond acceptors (Lipinski definition) is 3. The van der Waals surface area contributed by atoms with Crippen LogP contribution in [0.5, 0.6) is 5.75 Å². The normalized spacial score (nSPS) is 10.9. The van der Waals surface area contributed by atoms with Crippen LogP contribution in [0.3, 0.4) is 0 Å². The molecule has 0 spiro atoms. The summed E-state index contributed by atoms with van der Waals surface area (Å²) in [6, 6.07) is 3.67. The first-order valence-corrected chi connectivity index (χ1v) is 4.75. The third-order valence-corrected chi connectivity index (χ3v) is 2.38. The van der Waals surface area contributed by atoms with E-state index in [0.717, 1.165) is 16.7 Å². The Morgan fingerprint density at radius 3 is 2.50 bits per heavy atom. The Morgan fingerprint density at radius 2 is 2.00 bits per heavy atom. The van der Waals surface area contributed by atoms with Gasteiger partial charge in [-0.1, -0.05) is 19.9 Å². The van der Waals surface area contributed by atoms with Gasteiger partial charge < -0.3 is 10.3 Å². The van der Waals surface area contributed by atoms with Crippen LogP contribution in [0.25, 0.3) is 0 Å². The largest absolute Gasteiger partial charge is 0.508 e. The van der Waals surface area contributed by atoms with Gasteiger partial charge in [-0.3, -0.25) is 0 Å². The van der Waals surface area contributed by atoms with E-state index >= 15 is 0 Å². The standard InChI is InChI=1S/C11H17NO2/c1-7(2)10-5-9(6-12-14)8(3)4-11(10)13/h4-5,7,12-14H,6H2,1-3H3. The molecule has 1 rings (SSSR count). The lowest BCUT2D eigenvalue weighted by atomic mass is 9.96. The Bertz CT molecular complexity index is 321. The van der Waals surface area contributed by atoms with Crippen molar-refractivity contribution in [1.82, 2.24) is 5.48 Å². The molecule has 3 nitrogen and oxygen atoms in total. The van der Waals surface area contributed by atoms with Gasteiger partial charge in [0.25, 0.3) is 0 Å². The van der Waals surface area contributed by atoms with Crippen molar-refractivity contribution in [3.8, 4) is 5.75 Å². The second-order valence-corrected chi connectivity index (χ2v) is 3.83. The lowest BCUT2D eigenvalue weighted by molar-refractivity contribution is 0.161. The van der Waals surface area contributed by atoms with E-state index in [-0.39, 0.29) is 5.92 Å². The number of benzene rings is 1. The zero-order chi connectivity index (χ0) is 10.7. The summed E-state index contributed by atoms with van der Waals surface area (Å²) in [6.45, 7) is 6.38. The molecule has 0 fully saturated rings. The van der Waals surface area contributed by atoms with Crippen molar-refractivity contribution in [2.75, 3.05) is 0 Å². The molecule has 0 saturated heterocycles. The van der Waals surface area contributed by atoms with Crippen molar-refractivity contribution in [2.24, 2.45) is 0 Å². The molecule has 0 aliphatic carbocycles. The molecule has 0 saturated carbocycles. The Balaban J connectivity index is 3.13. The zero-order valence-corrected chi connectivity index (χ0v) is 8.83. The fraction of sp³-hybridized carbons (Fsp3) is 0.455. The Labute approximate surface area is 84.3 Å². The molecule has 0 aromatic heterocycles. The van der Waals surface area contributed by atoms with Crippen molar-refractivity contribution >= 4 is 0 Å². The summed E-state index contributed by atoms with van der Waals surface area (Å²) < 4.78 is 0. The van der Waals surface area contributed by atoms with Crippen molar-refractivity contribution < 1.29 is 10.3 Å². The minimum Gasteiger partial charge on any atom is -0.508 e. The molecule has 3 N–H and O–H groups in total. The number of rotatable bonds is 3. The summed E-state index contributed by atoms with van der Waals surface area (Å²) in [5, 5.41) is 18.3. The molecule has 0 aliphatic heterocycles. The SMILES string of the molecule is Cc1cc(O)c(C(C)C)cc1CNO. The first-order valence-electron chi connectivity index (χ1n) is 4.75. The minimum absolute atomic E-state index is 0.285. The van der Waals surface area contributed by atoms with Crippen LogP contribution in [0.2, 0.25) is 0 Å². The van der Waals surface area contributed by atoms with Crippen LogP contribution < -0.4 is 5.48 Å². The quantitative estimate of drug-likeness (QED) is 0.649. The van der Waals surface area contributed by atoms with Crippen LogP contribution in [0, 0.1) is 6.92 Å². The number of phenols is 1. The highest BCUT2D eigenvalue weighted by molar-refractivity contribution is 5.42. The second-order valence-electron chi connectivity index (χ2n) is 3.83. The molecule has 0 heterocycles. The maximum atomic E-state index is 9.67. The molecular weight excluding hydrogens is 178 g/mol. The highest BCUT2D eigenvalue weighted by Gasteiger charge is 2.09. The fourth-order valence-corrected chi connectivity index (χ4v) is 1.49. The van der Waals surface area contributed by atoms with Crippen LogP contribution in [-0.2, 0) is 6.54 Å². The van der Waals surface area contributed by atoms with Gasteiger partial charge in [-0.2, -0.15) is 0 Å². The van der Waals surface area contributed by atoms with Gasteiger partial charge >= 0.3 is 0 Å². The van der Waals surface area contributed by atoms with E-state index in [9.17, 15) is 5.11 Å². The average molecular weight is 195 g/mol. The molecule has 14 heavy (non-hydrogen) atoms. The van der Waals surface area contributed by atoms with Gasteiger partial charge in [-0.05, 0) is 35.6 Å². The molecule has 0 aliphatic rings. The fourth-order valence-electron chi connectivity index (χ4n) is 1.49. The van der Waals surface area contributed by atoms with E-state index in [4.69, 9.17) is 5.21 Å². The molecule has 3 heteroatoms. The van der Waals surface area contributed by atoms with Crippen LogP contribution in [0.15, 0.2) is 12.1 Å². The second kappa shape index (κ2) is 4.44. The predicted octanol–water partition coefficient (Wildman–Crippen LogP) is 2.30. The predicted molar refractivity (Wildman–Crippen MR) is 55.6 cm³/mol. The van der Waals surface area contributed by atoms with Gasteiger partial charge in [0.1, 0.15) is 5.75 Å². The highest BCUT2D eigenvalue weighted by Crippen LogP contribution is 2.28. The lowest BCUT2D eigenvalue weighted by Gasteiger charge is -2.12. The number of aromatic hydroxyl groups is 1. The molecular formula is C11H17NO2. The van der Waals surface area contributed by atoms with E-state index in [2.05, 4.69) is 5.48 Å². The number of hydrogen-bond donors (Lipinski definition) is 3. The summed E-state index contributed by atoms with van der Waals surface area (Å²) in [5.74, 6) is 0.618. The summed E-state index contributed by atoms with van der Waals surface area (Å²) in [6.07, 6.45) is 0. The Morgan fingerprint density at radius 1 is 1.36 bits per heavy atom.